The van der Waals surface area contributed by atoms with Gasteiger partial charge in [-0.15, -0.1) is 12.6 Å². The number of aliphatic hydroxyl groups is 1. The van der Waals surface area contributed by atoms with Crippen molar-refractivity contribution in [2.75, 3.05) is 31.2 Å². The van der Waals surface area contributed by atoms with Gasteiger partial charge in [-0.1, -0.05) is 32.1 Å². The number of hydrogen-bond acceptors (Lipinski definition) is 7. The first-order valence-corrected chi connectivity index (χ1v) is 10.8. The lowest BCUT2D eigenvalue weighted by Gasteiger charge is -2.29. The fourth-order valence-electron chi connectivity index (χ4n) is 3.58. The molecule has 0 aliphatic carbocycles. The molecule has 1 aliphatic rings. The average Bonchev–Trinajstić information content (AvgIpc) is 3.28. The van der Waals surface area contributed by atoms with Gasteiger partial charge in [0.2, 0.25) is 0 Å². The Morgan fingerprint density at radius 2 is 2.00 bits per heavy atom. The number of thiol groups is 1. The molecule has 0 amide bonds. The van der Waals surface area contributed by atoms with E-state index in [1.807, 2.05) is 44.2 Å². The largest absolute Gasteiger partial charge is 0.386 e. The molecule has 0 unspecified atom stereocenters. The third-order valence-electron chi connectivity index (χ3n) is 5.70. The van der Waals surface area contributed by atoms with Crippen molar-refractivity contribution in [3.05, 3.63) is 36.2 Å². The standard InChI is InChI=1S/C22H27N5O2S/c1-3-22(28,4-2)9-8-18-19(30)21(27-10-12-29-13-11-27)25-20(24-18)15-6-5-7-17-16(15)14-23-26-17/h5-9,14,28,30H,3-4,10-13H2,1-2H3,(H,23,26)/b9-8+. The highest BCUT2D eigenvalue weighted by Gasteiger charge is 2.22. The maximum atomic E-state index is 10.7. The summed E-state index contributed by atoms with van der Waals surface area (Å²) in [5.74, 6) is 1.39. The molecule has 8 heteroatoms. The van der Waals surface area contributed by atoms with Crippen molar-refractivity contribution in [1.82, 2.24) is 20.2 Å². The SMILES string of the molecule is CCC(O)(/C=C/c1nc(-c2cccc3[nH]ncc23)nc(N2CCOCC2)c1S)CC. The summed E-state index contributed by atoms with van der Waals surface area (Å²) in [5, 5.41) is 18.8. The lowest BCUT2D eigenvalue weighted by molar-refractivity contribution is 0.0836. The first kappa shape index (κ1) is 20.8. The lowest BCUT2D eigenvalue weighted by atomic mass is 9.97. The Kier molecular flexibility index (Phi) is 6.08. The maximum absolute atomic E-state index is 10.7. The van der Waals surface area contributed by atoms with Crippen LogP contribution in [0.15, 0.2) is 35.4 Å². The van der Waals surface area contributed by atoms with Gasteiger partial charge in [0.15, 0.2) is 5.82 Å². The van der Waals surface area contributed by atoms with Crippen molar-refractivity contribution in [3.63, 3.8) is 0 Å². The molecule has 0 bridgehead atoms. The Labute approximate surface area is 181 Å². The number of morpholine rings is 1. The molecule has 1 aliphatic heterocycles. The van der Waals surface area contributed by atoms with E-state index in [1.54, 1.807) is 6.20 Å². The molecule has 0 radical (unpaired) electrons. The van der Waals surface area contributed by atoms with Gasteiger partial charge in [0, 0.05) is 24.0 Å². The van der Waals surface area contributed by atoms with Crippen molar-refractivity contribution >= 4 is 35.4 Å². The number of anilines is 1. The van der Waals surface area contributed by atoms with Crippen LogP contribution in [0.5, 0.6) is 0 Å². The van der Waals surface area contributed by atoms with Crippen molar-refractivity contribution < 1.29 is 9.84 Å². The molecule has 7 nitrogen and oxygen atoms in total. The van der Waals surface area contributed by atoms with Crippen molar-refractivity contribution in [3.8, 4) is 11.4 Å². The van der Waals surface area contributed by atoms with Crippen LogP contribution in [0.2, 0.25) is 0 Å². The van der Waals surface area contributed by atoms with E-state index >= 15 is 0 Å². The predicted molar refractivity (Wildman–Crippen MR) is 122 cm³/mol. The minimum atomic E-state index is -0.866. The highest BCUT2D eigenvalue weighted by atomic mass is 32.1. The average molecular weight is 426 g/mol. The van der Waals surface area contributed by atoms with Crippen LogP contribution in [0.4, 0.5) is 5.82 Å². The van der Waals surface area contributed by atoms with Crippen LogP contribution in [0, 0.1) is 0 Å². The number of benzene rings is 1. The van der Waals surface area contributed by atoms with E-state index in [9.17, 15) is 5.11 Å². The molecule has 4 rings (SSSR count). The molecule has 2 N–H and O–H groups in total. The van der Waals surface area contributed by atoms with Gasteiger partial charge in [0.05, 0.1) is 41.1 Å². The van der Waals surface area contributed by atoms with Crippen molar-refractivity contribution in [2.45, 2.75) is 37.2 Å². The molecule has 2 aromatic heterocycles. The molecule has 1 aromatic carbocycles. The first-order valence-electron chi connectivity index (χ1n) is 10.3. The van der Waals surface area contributed by atoms with E-state index in [0.29, 0.717) is 42.5 Å². The topological polar surface area (TPSA) is 87.2 Å². The zero-order chi connectivity index (χ0) is 21.1. The summed E-state index contributed by atoms with van der Waals surface area (Å²) in [6, 6.07) is 5.94. The second kappa shape index (κ2) is 8.75. The lowest BCUT2D eigenvalue weighted by Crippen LogP contribution is -2.37. The monoisotopic (exact) mass is 425 g/mol. The number of hydrogen-bond donors (Lipinski definition) is 3. The second-order valence-electron chi connectivity index (χ2n) is 7.48. The zero-order valence-corrected chi connectivity index (χ0v) is 18.2. The molecule has 0 atom stereocenters. The van der Waals surface area contributed by atoms with E-state index in [-0.39, 0.29) is 0 Å². The van der Waals surface area contributed by atoms with Gasteiger partial charge in [0.1, 0.15) is 5.82 Å². The van der Waals surface area contributed by atoms with Crippen LogP contribution in [0.25, 0.3) is 28.4 Å². The van der Waals surface area contributed by atoms with Crippen LogP contribution >= 0.6 is 12.6 Å². The molecule has 0 spiro atoms. The van der Waals surface area contributed by atoms with Crippen LogP contribution < -0.4 is 4.90 Å². The zero-order valence-electron chi connectivity index (χ0n) is 17.3. The van der Waals surface area contributed by atoms with Gasteiger partial charge >= 0.3 is 0 Å². The Morgan fingerprint density at radius 1 is 1.23 bits per heavy atom. The Morgan fingerprint density at radius 3 is 2.73 bits per heavy atom. The number of nitrogens with zero attached hydrogens (tertiary/aromatic N) is 4. The molecule has 3 aromatic rings. The van der Waals surface area contributed by atoms with Gasteiger partial charge in [-0.2, -0.15) is 5.10 Å². The third kappa shape index (κ3) is 4.08. The van der Waals surface area contributed by atoms with Crippen LogP contribution in [-0.2, 0) is 4.74 Å². The molecule has 1 saturated heterocycles. The van der Waals surface area contributed by atoms with Gasteiger partial charge in [-0.05, 0) is 25.0 Å². The van der Waals surface area contributed by atoms with Gasteiger partial charge in [-0.3, -0.25) is 5.10 Å². The van der Waals surface area contributed by atoms with E-state index in [2.05, 4.69) is 15.1 Å². The van der Waals surface area contributed by atoms with E-state index in [4.69, 9.17) is 27.3 Å². The Bertz CT molecular complexity index is 1050. The molecule has 158 valence electrons. The summed E-state index contributed by atoms with van der Waals surface area (Å²) in [5.41, 5.74) is 1.66. The van der Waals surface area contributed by atoms with Gasteiger partial charge in [0.25, 0.3) is 0 Å². The molecule has 30 heavy (non-hydrogen) atoms. The number of aromatic amines is 1. The summed E-state index contributed by atoms with van der Waals surface area (Å²) >= 11 is 4.77. The fourth-order valence-corrected chi connectivity index (χ4v) is 3.89. The van der Waals surface area contributed by atoms with Gasteiger partial charge < -0.3 is 14.7 Å². The Balaban J connectivity index is 1.86. The number of fused-ring (bicyclic) bond motifs is 1. The van der Waals surface area contributed by atoms with E-state index < -0.39 is 5.60 Å². The van der Waals surface area contributed by atoms with Crippen LogP contribution in [-0.4, -0.2) is 57.2 Å². The van der Waals surface area contributed by atoms with E-state index in [0.717, 1.165) is 35.4 Å². The summed E-state index contributed by atoms with van der Waals surface area (Å²) in [7, 11) is 0. The van der Waals surface area contributed by atoms with E-state index in [1.165, 1.54) is 0 Å². The molecule has 1 fully saturated rings. The summed E-state index contributed by atoms with van der Waals surface area (Å²) in [4.78, 5) is 12.6. The smallest absolute Gasteiger partial charge is 0.162 e. The first-order chi connectivity index (χ1) is 14.5. The molecular formula is C22H27N5O2S. The summed E-state index contributed by atoms with van der Waals surface area (Å²) in [6.45, 7) is 6.74. The third-order valence-corrected chi connectivity index (χ3v) is 6.13. The predicted octanol–water partition coefficient (Wildman–Crippen LogP) is 3.71. The minimum absolute atomic E-state index is 0.609. The minimum Gasteiger partial charge on any atom is -0.386 e. The molecular weight excluding hydrogens is 398 g/mol. The summed E-state index contributed by atoms with van der Waals surface area (Å²) < 4.78 is 5.51. The fraction of sp³-hybridized carbons (Fsp3) is 0.409. The number of nitrogens with one attached hydrogen (secondary N) is 1. The molecule has 0 saturated carbocycles. The number of H-pyrrole nitrogens is 1. The normalized spacial score (nSPS) is 15.4. The number of ether oxygens (including phenoxy) is 1. The Hall–Kier alpha value is -2.42. The molecule has 3 heterocycles. The highest BCUT2D eigenvalue weighted by Crippen LogP contribution is 2.32. The van der Waals surface area contributed by atoms with Crippen LogP contribution in [0.3, 0.4) is 0 Å². The van der Waals surface area contributed by atoms with Crippen molar-refractivity contribution in [2.24, 2.45) is 0 Å². The number of rotatable bonds is 6. The number of aromatic nitrogens is 4. The summed E-state index contributed by atoms with van der Waals surface area (Å²) in [6.07, 6.45) is 6.73. The van der Waals surface area contributed by atoms with Gasteiger partial charge in [-0.25, -0.2) is 9.97 Å². The maximum Gasteiger partial charge on any atom is 0.162 e. The highest BCUT2D eigenvalue weighted by molar-refractivity contribution is 7.80. The quantitative estimate of drug-likeness (QED) is 0.522. The second-order valence-corrected chi connectivity index (χ2v) is 7.93. The van der Waals surface area contributed by atoms with Crippen LogP contribution in [0.1, 0.15) is 32.4 Å². The van der Waals surface area contributed by atoms with Crippen molar-refractivity contribution in [1.29, 1.82) is 0 Å².